The number of nitrogens with one attached hydrogen (secondary N) is 2. The van der Waals surface area contributed by atoms with E-state index in [2.05, 4.69) is 15.2 Å². The summed E-state index contributed by atoms with van der Waals surface area (Å²) in [6.07, 6.45) is 0.552. The molecule has 0 aliphatic heterocycles. The van der Waals surface area contributed by atoms with Crippen molar-refractivity contribution in [1.82, 2.24) is 5.16 Å². The van der Waals surface area contributed by atoms with Gasteiger partial charge in [0, 0.05) is 11.9 Å². The van der Waals surface area contributed by atoms with Crippen LogP contribution >= 0.6 is 11.6 Å². The van der Waals surface area contributed by atoms with E-state index < -0.39 is 10.0 Å². The lowest BCUT2D eigenvalue weighted by atomic mass is 10.0. The fourth-order valence-electron chi connectivity index (χ4n) is 3.09. The Kier molecular flexibility index (Phi) is 6.19. The molecule has 0 saturated heterocycles. The van der Waals surface area contributed by atoms with Crippen LogP contribution in [0.25, 0.3) is 11.1 Å². The van der Waals surface area contributed by atoms with Gasteiger partial charge in [0.25, 0.3) is 10.0 Å². The molecule has 0 saturated carbocycles. The number of benzene rings is 2. The third-order valence-electron chi connectivity index (χ3n) is 4.59. The minimum Gasteiger partial charge on any atom is -0.337 e. The molecule has 0 unspecified atom stereocenters. The number of aromatic nitrogens is 1. The third kappa shape index (κ3) is 4.49. The van der Waals surface area contributed by atoms with E-state index in [0.29, 0.717) is 45.1 Å². The van der Waals surface area contributed by atoms with E-state index in [1.807, 2.05) is 6.92 Å². The number of carbonyl (C=O) groups excluding carboxylic acids is 1. The van der Waals surface area contributed by atoms with Gasteiger partial charge in [-0.1, -0.05) is 35.8 Å². The normalized spacial score (nSPS) is 11.4. The minimum atomic E-state index is -3.88. The first-order chi connectivity index (χ1) is 14.1. The van der Waals surface area contributed by atoms with Gasteiger partial charge in [-0.15, -0.1) is 0 Å². The van der Waals surface area contributed by atoms with Gasteiger partial charge in [-0.3, -0.25) is 14.8 Å². The van der Waals surface area contributed by atoms with E-state index in [9.17, 15) is 13.2 Å². The highest BCUT2D eigenvalue weighted by molar-refractivity contribution is 7.92. The lowest BCUT2D eigenvalue weighted by molar-refractivity contribution is -0.114. The van der Waals surface area contributed by atoms with Crippen LogP contribution in [0.2, 0.25) is 5.02 Å². The molecular formula is C21H22ClN3O4S. The van der Waals surface area contributed by atoms with Crippen LogP contribution in [0.1, 0.15) is 30.7 Å². The van der Waals surface area contributed by atoms with Crippen molar-refractivity contribution in [3.63, 3.8) is 0 Å². The largest absolute Gasteiger partial charge is 0.337 e. The average molecular weight is 448 g/mol. The van der Waals surface area contributed by atoms with Gasteiger partial charge in [-0.2, -0.15) is 0 Å². The molecule has 30 heavy (non-hydrogen) atoms. The van der Waals surface area contributed by atoms with E-state index in [1.165, 1.54) is 6.92 Å². The maximum atomic E-state index is 13.1. The number of nitrogens with zero attached hydrogens (tertiary/aromatic N) is 1. The maximum Gasteiger partial charge on any atom is 0.262 e. The van der Waals surface area contributed by atoms with E-state index in [0.717, 1.165) is 0 Å². The number of anilines is 2. The quantitative estimate of drug-likeness (QED) is 0.557. The minimum absolute atomic E-state index is 0.117. The van der Waals surface area contributed by atoms with Crippen LogP contribution in [-0.4, -0.2) is 19.5 Å². The Balaban J connectivity index is 2.08. The first-order valence-electron chi connectivity index (χ1n) is 9.28. The molecule has 1 amide bonds. The summed E-state index contributed by atoms with van der Waals surface area (Å²) in [5.74, 6) is -0.122. The topological polar surface area (TPSA) is 101 Å². The highest BCUT2D eigenvalue weighted by Crippen LogP contribution is 2.35. The smallest absolute Gasteiger partial charge is 0.262 e. The van der Waals surface area contributed by atoms with E-state index in [1.54, 1.807) is 50.2 Å². The lowest BCUT2D eigenvalue weighted by Gasteiger charge is -2.14. The van der Waals surface area contributed by atoms with E-state index in [-0.39, 0.29) is 16.7 Å². The van der Waals surface area contributed by atoms with Gasteiger partial charge in [0.05, 0.1) is 21.8 Å². The van der Waals surface area contributed by atoms with Crippen molar-refractivity contribution in [2.75, 3.05) is 10.0 Å². The van der Waals surface area contributed by atoms with Gasteiger partial charge in [0.1, 0.15) is 0 Å². The zero-order valence-corrected chi connectivity index (χ0v) is 18.6. The Labute approximate surface area is 180 Å². The number of hydrogen-bond donors (Lipinski definition) is 2. The van der Waals surface area contributed by atoms with Crippen molar-refractivity contribution < 1.29 is 17.7 Å². The van der Waals surface area contributed by atoms with Crippen LogP contribution in [0, 0.1) is 13.8 Å². The standard InChI is InChI=1S/C21H22ClN3O4S/c1-5-17-20(21(29-24-17)23-14(4)26)15-7-6-12(2)19(11-15)30(27,28)25-18-9-8-16(22)10-13(18)3/h6-11,25H,5H2,1-4H3,(H,23,26). The van der Waals surface area contributed by atoms with Crippen molar-refractivity contribution in [2.24, 2.45) is 0 Å². The molecule has 0 aliphatic rings. The summed E-state index contributed by atoms with van der Waals surface area (Å²) in [6, 6.07) is 9.98. The van der Waals surface area contributed by atoms with Crippen molar-refractivity contribution in [3.8, 4) is 11.1 Å². The molecule has 9 heteroatoms. The summed E-state index contributed by atoms with van der Waals surface area (Å²) < 4.78 is 34.2. The fourth-order valence-corrected chi connectivity index (χ4v) is 4.72. The number of aryl methyl sites for hydroxylation is 3. The molecule has 0 fully saturated rings. The van der Waals surface area contributed by atoms with E-state index in [4.69, 9.17) is 16.1 Å². The molecule has 0 aliphatic carbocycles. The number of hydrogen-bond acceptors (Lipinski definition) is 5. The number of amides is 1. The zero-order chi connectivity index (χ0) is 22.1. The van der Waals surface area contributed by atoms with Crippen molar-refractivity contribution in [1.29, 1.82) is 0 Å². The maximum absolute atomic E-state index is 13.1. The molecule has 0 radical (unpaired) electrons. The summed E-state index contributed by atoms with van der Waals surface area (Å²) in [5, 5.41) is 7.13. The lowest BCUT2D eigenvalue weighted by Crippen LogP contribution is -2.15. The molecule has 0 spiro atoms. The van der Waals surface area contributed by atoms with Crippen LogP contribution in [-0.2, 0) is 21.2 Å². The molecule has 0 atom stereocenters. The Bertz CT molecular complexity index is 1220. The number of carbonyl (C=O) groups is 1. The van der Waals surface area contributed by atoms with Crippen LogP contribution in [0.15, 0.2) is 45.8 Å². The van der Waals surface area contributed by atoms with Gasteiger partial charge >= 0.3 is 0 Å². The molecule has 7 nitrogen and oxygen atoms in total. The molecule has 3 rings (SSSR count). The summed E-state index contributed by atoms with van der Waals surface area (Å²) in [7, 11) is -3.88. The second kappa shape index (κ2) is 8.49. The number of halogens is 1. The summed E-state index contributed by atoms with van der Waals surface area (Å²) in [5.41, 5.74) is 3.49. The van der Waals surface area contributed by atoms with Gasteiger partial charge in [0.15, 0.2) is 0 Å². The van der Waals surface area contributed by atoms with Crippen molar-refractivity contribution in [2.45, 2.75) is 39.0 Å². The van der Waals surface area contributed by atoms with Gasteiger partial charge in [-0.05, 0) is 61.2 Å². The molecule has 2 aromatic carbocycles. The number of rotatable bonds is 6. The van der Waals surface area contributed by atoms with Crippen molar-refractivity contribution in [3.05, 3.63) is 58.2 Å². The van der Waals surface area contributed by atoms with Gasteiger partial charge < -0.3 is 4.52 Å². The Morgan fingerprint density at radius 1 is 1.13 bits per heavy atom. The number of sulfonamides is 1. The molecule has 1 heterocycles. The summed E-state index contributed by atoms with van der Waals surface area (Å²) in [6.45, 7) is 6.75. The zero-order valence-electron chi connectivity index (χ0n) is 17.0. The van der Waals surface area contributed by atoms with Gasteiger partial charge in [-0.25, -0.2) is 8.42 Å². The first-order valence-corrected chi connectivity index (χ1v) is 11.1. The predicted octanol–water partition coefficient (Wildman–Crippen LogP) is 4.93. The molecule has 1 aromatic heterocycles. The molecular weight excluding hydrogens is 426 g/mol. The Morgan fingerprint density at radius 3 is 2.50 bits per heavy atom. The fraction of sp³-hybridized carbons (Fsp3) is 0.238. The van der Waals surface area contributed by atoms with Crippen LogP contribution in [0.5, 0.6) is 0 Å². The third-order valence-corrected chi connectivity index (χ3v) is 6.33. The molecule has 2 N–H and O–H groups in total. The SMILES string of the molecule is CCc1noc(NC(C)=O)c1-c1ccc(C)c(S(=O)(=O)Nc2ccc(Cl)cc2C)c1. The van der Waals surface area contributed by atoms with Crippen molar-refractivity contribution >= 4 is 39.1 Å². The van der Waals surface area contributed by atoms with Gasteiger partial charge in [0.2, 0.25) is 11.8 Å². The highest BCUT2D eigenvalue weighted by Gasteiger charge is 2.23. The van der Waals surface area contributed by atoms with Crippen LogP contribution < -0.4 is 10.0 Å². The average Bonchev–Trinajstić information content (AvgIpc) is 3.06. The highest BCUT2D eigenvalue weighted by atomic mass is 35.5. The van der Waals surface area contributed by atoms with Crippen LogP contribution in [0.3, 0.4) is 0 Å². The Morgan fingerprint density at radius 2 is 1.87 bits per heavy atom. The summed E-state index contributed by atoms with van der Waals surface area (Å²) in [4.78, 5) is 11.6. The monoisotopic (exact) mass is 447 g/mol. The van der Waals surface area contributed by atoms with Crippen LogP contribution in [0.4, 0.5) is 11.6 Å². The molecule has 3 aromatic rings. The van der Waals surface area contributed by atoms with E-state index >= 15 is 0 Å². The first kappa shape index (κ1) is 21.9. The predicted molar refractivity (Wildman–Crippen MR) is 117 cm³/mol. The second-order valence-corrected chi connectivity index (χ2v) is 9.00. The second-order valence-electron chi connectivity index (χ2n) is 6.91. The Hall–Kier alpha value is -2.84. The summed E-state index contributed by atoms with van der Waals surface area (Å²) >= 11 is 5.97. The molecule has 158 valence electrons. The molecule has 0 bridgehead atoms.